The molecule has 3 rings (SSSR count). The van der Waals surface area contributed by atoms with E-state index in [1.54, 1.807) is 26.2 Å². The number of carbonyl (C=O) groups is 1. The van der Waals surface area contributed by atoms with E-state index in [1.807, 2.05) is 6.92 Å². The van der Waals surface area contributed by atoms with E-state index >= 15 is 0 Å². The third-order valence-corrected chi connectivity index (χ3v) is 6.08. The molecule has 0 spiro atoms. The van der Waals surface area contributed by atoms with Crippen molar-refractivity contribution in [3.63, 3.8) is 0 Å². The van der Waals surface area contributed by atoms with Crippen molar-refractivity contribution in [2.75, 3.05) is 19.9 Å². The summed E-state index contributed by atoms with van der Waals surface area (Å²) in [5.74, 6) is 5.90. The van der Waals surface area contributed by atoms with Gasteiger partial charge in [-0.05, 0) is 46.2 Å². The molecule has 3 N–H and O–H groups in total. The Morgan fingerprint density at radius 3 is 2.76 bits per heavy atom. The Morgan fingerprint density at radius 2 is 2.10 bits per heavy atom. The van der Waals surface area contributed by atoms with Crippen molar-refractivity contribution in [1.29, 1.82) is 0 Å². The van der Waals surface area contributed by atoms with Crippen molar-refractivity contribution in [1.82, 2.24) is 10.2 Å². The van der Waals surface area contributed by atoms with Gasteiger partial charge >= 0.3 is 0 Å². The van der Waals surface area contributed by atoms with E-state index in [1.165, 1.54) is 0 Å². The molecule has 1 amide bonds. The molecule has 5 atom stereocenters. The Bertz CT molecular complexity index is 808. The predicted molar refractivity (Wildman–Crippen MR) is 118 cm³/mol. The Kier molecular flexibility index (Phi) is 8.07. The molecule has 2 saturated heterocycles. The minimum atomic E-state index is -0.362. The summed E-state index contributed by atoms with van der Waals surface area (Å²) in [5.41, 5.74) is 6.65. The van der Waals surface area contributed by atoms with Crippen LogP contribution in [0.1, 0.15) is 43.5 Å². The van der Waals surface area contributed by atoms with Gasteiger partial charge in [0.1, 0.15) is 5.75 Å². The van der Waals surface area contributed by atoms with Gasteiger partial charge in [-0.15, -0.1) is 18.3 Å². The number of nitrogens with one attached hydrogen (secondary N) is 1. The number of amides is 1. The van der Waals surface area contributed by atoms with Gasteiger partial charge < -0.3 is 20.5 Å². The van der Waals surface area contributed by atoms with E-state index in [-0.39, 0.29) is 36.6 Å². The van der Waals surface area contributed by atoms with Crippen molar-refractivity contribution < 1.29 is 14.3 Å². The number of ether oxygens (including phenoxy) is 2. The molecule has 2 aliphatic rings. The summed E-state index contributed by atoms with van der Waals surface area (Å²) in [6.45, 7) is 3.56. The zero-order chi connectivity index (χ0) is 20.4. The van der Waals surface area contributed by atoms with Crippen molar-refractivity contribution in [2.45, 2.75) is 63.4 Å². The lowest BCUT2D eigenvalue weighted by molar-refractivity contribution is 0.0523. The van der Waals surface area contributed by atoms with Crippen LogP contribution in [0.25, 0.3) is 0 Å². The van der Waals surface area contributed by atoms with Gasteiger partial charge in [0.25, 0.3) is 5.91 Å². The second-order valence-corrected chi connectivity index (χ2v) is 7.97. The standard InChI is InChI=1S/C21H28ClN3O3.ClH/c1-5-6-12(2)28-19-11-17(23)16(22)10-15(19)21(26)24-13-7-14-9-20(27-4)18(8-13)25(14)3;/h10-14,18,20H,7-9,23H2,1-4H3,(H,24,26);1H/t12-,13-,14?,18?,20+;/m0./s1. The number of piperidine rings is 1. The second kappa shape index (κ2) is 9.90. The molecule has 0 aromatic heterocycles. The molecule has 2 aliphatic heterocycles. The van der Waals surface area contributed by atoms with E-state index in [2.05, 4.69) is 29.1 Å². The number of likely N-dealkylation sites (N-methyl/N-ethyl adjacent to an activating group) is 1. The molecule has 0 aliphatic carbocycles. The highest BCUT2D eigenvalue weighted by molar-refractivity contribution is 6.33. The number of methoxy groups -OCH3 is 1. The van der Waals surface area contributed by atoms with Crippen LogP contribution in [0.5, 0.6) is 5.75 Å². The highest BCUT2D eigenvalue weighted by Crippen LogP contribution is 2.36. The maximum absolute atomic E-state index is 13.0. The first-order valence-corrected chi connectivity index (χ1v) is 9.95. The van der Waals surface area contributed by atoms with Crippen LogP contribution in [-0.2, 0) is 4.74 Å². The van der Waals surface area contributed by atoms with Crippen molar-refractivity contribution >= 4 is 35.6 Å². The zero-order valence-electron chi connectivity index (χ0n) is 17.2. The number of carbonyl (C=O) groups excluding carboxylic acids is 1. The van der Waals surface area contributed by atoms with E-state index < -0.39 is 0 Å². The first-order valence-electron chi connectivity index (χ1n) is 9.57. The SMILES string of the molecule is CC#C[C@H](C)Oc1cc(N)c(Cl)cc1C(=O)N[C@H]1CC2C[C@@H](OC)C(C1)N2C.Cl. The number of nitrogens with two attached hydrogens (primary N) is 1. The summed E-state index contributed by atoms with van der Waals surface area (Å²) >= 11 is 6.17. The Balaban J connectivity index is 0.00000300. The first-order chi connectivity index (χ1) is 13.3. The normalized spacial score (nSPS) is 26.7. The maximum Gasteiger partial charge on any atom is 0.255 e. The van der Waals surface area contributed by atoms with Crippen LogP contribution in [0.4, 0.5) is 5.69 Å². The molecule has 6 nitrogen and oxygen atoms in total. The van der Waals surface area contributed by atoms with E-state index in [9.17, 15) is 4.79 Å². The van der Waals surface area contributed by atoms with Crippen LogP contribution in [0.3, 0.4) is 0 Å². The average Bonchev–Trinajstić information content (AvgIpc) is 2.82. The van der Waals surface area contributed by atoms with Gasteiger partial charge in [-0.1, -0.05) is 17.5 Å². The van der Waals surface area contributed by atoms with Crippen LogP contribution < -0.4 is 15.8 Å². The molecule has 1 aromatic rings. The number of nitrogens with zero attached hydrogens (tertiary/aromatic N) is 1. The number of hydrogen-bond donors (Lipinski definition) is 2. The molecular formula is C21H29Cl2N3O3. The molecule has 1 aromatic carbocycles. The quantitative estimate of drug-likeness (QED) is 0.542. The van der Waals surface area contributed by atoms with Crippen LogP contribution in [0.15, 0.2) is 12.1 Å². The number of hydrogen-bond acceptors (Lipinski definition) is 5. The van der Waals surface area contributed by atoms with Crippen LogP contribution in [0, 0.1) is 11.8 Å². The molecule has 2 bridgehead atoms. The molecule has 2 heterocycles. The summed E-state index contributed by atoms with van der Waals surface area (Å²) in [6.07, 6.45) is 2.61. The lowest BCUT2D eigenvalue weighted by Crippen LogP contribution is -2.50. The second-order valence-electron chi connectivity index (χ2n) is 7.56. The van der Waals surface area contributed by atoms with E-state index in [0.29, 0.717) is 34.1 Å². The number of rotatable bonds is 5. The van der Waals surface area contributed by atoms with Crippen molar-refractivity contribution in [3.8, 4) is 17.6 Å². The summed E-state index contributed by atoms with van der Waals surface area (Å²) in [4.78, 5) is 15.4. The maximum atomic E-state index is 13.0. The summed E-state index contributed by atoms with van der Waals surface area (Å²) in [7, 11) is 3.89. The molecule has 8 heteroatoms. The Morgan fingerprint density at radius 1 is 1.38 bits per heavy atom. The fraction of sp³-hybridized carbons (Fsp3) is 0.571. The van der Waals surface area contributed by atoms with Gasteiger partial charge in [-0.2, -0.15) is 0 Å². The number of fused-ring (bicyclic) bond motifs is 2. The topological polar surface area (TPSA) is 76.8 Å². The van der Waals surface area contributed by atoms with Crippen molar-refractivity contribution in [2.24, 2.45) is 0 Å². The van der Waals surface area contributed by atoms with Gasteiger partial charge in [0, 0.05) is 31.3 Å². The van der Waals surface area contributed by atoms with Crippen molar-refractivity contribution in [3.05, 3.63) is 22.7 Å². The molecule has 160 valence electrons. The van der Waals surface area contributed by atoms with Gasteiger partial charge in [-0.3, -0.25) is 9.69 Å². The van der Waals surface area contributed by atoms with E-state index in [0.717, 1.165) is 19.3 Å². The monoisotopic (exact) mass is 441 g/mol. The number of anilines is 1. The van der Waals surface area contributed by atoms with Gasteiger partial charge in [0.15, 0.2) is 6.10 Å². The Labute approximate surface area is 183 Å². The third-order valence-electron chi connectivity index (χ3n) is 5.75. The lowest BCUT2D eigenvalue weighted by Gasteiger charge is -2.37. The number of halogens is 2. The first kappa shape index (κ1) is 23.6. The fourth-order valence-electron chi connectivity index (χ4n) is 4.32. The summed E-state index contributed by atoms with van der Waals surface area (Å²) in [5, 5.41) is 3.49. The van der Waals surface area contributed by atoms with Gasteiger partial charge in [-0.25, -0.2) is 0 Å². The molecule has 0 saturated carbocycles. The van der Waals surface area contributed by atoms with E-state index in [4.69, 9.17) is 26.8 Å². The molecule has 29 heavy (non-hydrogen) atoms. The lowest BCUT2D eigenvalue weighted by atomic mass is 9.97. The van der Waals surface area contributed by atoms with Crippen LogP contribution in [-0.4, -0.2) is 55.3 Å². The van der Waals surface area contributed by atoms with Crippen LogP contribution in [0.2, 0.25) is 5.02 Å². The number of benzene rings is 1. The highest BCUT2D eigenvalue weighted by Gasteiger charge is 2.45. The minimum Gasteiger partial charge on any atom is -0.477 e. The fourth-order valence-corrected chi connectivity index (χ4v) is 4.49. The molecule has 2 fully saturated rings. The highest BCUT2D eigenvalue weighted by atomic mass is 35.5. The van der Waals surface area contributed by atoms with Gasteiger partial charge in [0.2, 0.25) is 0 Å². The zero-order valence-corrected chi connectivity index (χ0v) is 18.8. The minimum absolute atomic E-state index is 0. The summed E-state index contributed by atoms with van der Waals surface area (Å²) < 4.78 is 11.5. The average molecular weight is 442 g/mol. The predicted octanol–water partition coefficient (Wildman–Crippen LogP) is 3.11. The Hall–Kier alpha value is -1.65. The smallest absolute Gasteiger partial charge is 0.255 e. The van der Waals surface area contributed by atoms with Crippen LogP contribution >= 0.6 is 24.0 Å². The number of nitrogen functional groups attached to an aromatic ring is 1. The molecule has 0 radical (unpaired) electrons. The third kappa shape index (κ3) is 5.10. The largest absolute Gasteiger partial charge is 0.477 e. The molecule has 2 unspecified atom stereocenters. The summed E-state index contributed by atoms with van der Waals surface area (Å²) in [6, 6.07) is 3.97. The van der Waals surface area contributed by atoms with Gasteiger partial charge in [0.05, 0.1) is 22.4 Å². The molecular weight excluding hydrogens is 413 g/mol.